The van der Waals surface area contributed by atoms with Gasteiger partial charge in [0, 0.05) is 17.6 Å². The zero-order chi connectivity index (χ0) is 13.6. The van der Waals surface area contributed by atoms with Gasteiger partial charge < -0.3 is 10.0 Å². The van der Waals surface area contributed by atoms with Gasteiger partial charge in [0.1, 0.15) is 5.82 Å². The summed E-state index contributed by atoms with van der Waals surface area (Å²) >= 11 is 0. The average molecular weight is 260 g/mol. The monoisotopic (exact) mass is 260 g/mol. The van der Waals surface area contributed by atoms with Gasteiger partial charge in [-0.05, 0) is 44.9 Å². The fraction of sp³-hybridized carbons (Fsp3) is 0.533. The van der Waals surface area contributed by atoms with Crippen molar-refractivity contribution in [2.45, 2.75) is 43.4 Å². The Hall–Kier alpha value is -1.44. The topological polar surface area (TPSA) is 47.3 Å². The summed E-state index contributed by atoms with van der Waals surface area (Å²) in [7, 11) is 2.08. The summed E-state index contributed by atoms with van der Waals surface area (Å²) in [5.74, 6) is -0.467. The van der Waals surface area contributed by atoms with Crippen LogP contribution in [0.4, 0.5) is 4.39 Å². The SMILES string of the molecule is CN1C2CCC1CC(O)(c1ccc(C#N)cc1F)C2. The van der Waals surface area contributed by atoms with Crippen LogP contribution >= 0.6 is 0 Å². The van der Waals surface area contributed by atoms with E-state index in [4.69, 9.17) is 5.26 Å². The largest absolute Gasteiger partial charge is 0.385 e. The second kappa shape index (κ2) is 4.29. The summed E-state index contributed by atoms with van der Waals surface area (Å²) < 4.78 is 14.1. The van der Waals surface area contributed by atoms with Crippen molar-refractivity contribution >= 4 is 0 Å². The van der Waals surface area contributed by atoms with Crippen molar-refractivity contribution in [3.05, 3.63) is 35.1 Å². The van der Waals surface area contributed by atoms with Crippen molar-refractivity contribution in [2.24, 2.45) is 0 Å². The second-order valence-corrected chi connectivity index (χ2v) is 5.80. The fourth-order valence-corrected chi connectivity index (χ4v) is 3.63. The maximum atomic E-state index is 14.1. The standard InChI is InChI=1S/C15H17FN2O/c1-18-11-3-4-12(18)8-15(19,7-11)13-5-2-10(9-17)6-14(13)16/h2,5-6,11-12,19H,3-4,7-8H2,1H3. The predicted octanol–water partition coefficient (Wildman–Crippen LogP) is 2.14. The minimum atomic E-state index is -1.09. The molecule has 2 unspecified atom stereocenters. The van der Waals surface area contributed by atoms with E-state index in [0.29, 0.717) is 36.1 Å². The van der Waals surface area contributed by atoms with Crippen LogP contribution in [-0.2, 0) is 5.60 Å². The zero-order valence-corrected chi connectivity index (χ0v) is 10.9. The third kappa shape index (κ3) is 1.94. The van der Waals surface area contributed by atoms with Crippen molar-refractivity contribution in [3.63, 3.8) is 0 Å². The molecule has 1 aromatic carbocycles. The summed E-state index contributed by atoms with van der Waals surface area (Å²) in [6.07, 6.45) is 3.29. The number of piperidine rings is 1. The van der Waals surface area contributed by atoms with E-state index in [1.807, 2.05) is 6.07 Å². The first-order valence-electron chi connectivity index (χ1n) is 6.68. The highest BCUT2D eigenvalue weighted by molar-refractivity contribution is 5.36. The molecule has 0 amide bonds. The first-order valence-corrected chi connectivity index (χ1v) is 6.68. The zero-order valence-electron chi connectivity index (χ0n) is 10.9. The van der Waals surface area contributed by atoms with Crippen molar-refractivity contribution in [3.8, 4) is 6.07 Å². The van der Waals surface area contributed by atoms with Gasteiger partial charge >= 0.3 is 0 Å². The van der Waals surface area contributed by atoms with E-state index in [9.17, 15) is 9.50 Å². The van der Waals surface area contributed by atoms with Gasteiger partial charge in [-0.1, -0.05) is 6.07 Å². The van der Waals surface area contributed by atoms with Gasteiger partial charge in [0.05, 0.1) is 17.2 Å². The number of nitriles is 1. The summed E-state index contributed by atoms with van der Waals surface area (Å²) in [6.45, 7) is 0. The molecule has 19 heavy (non-hydrogen) atoms. The number of fused-ring (bicyclic) bond motifs is 2. The van der Waals surface area contributed by atoms with Crippen molar-refractivity contribution in [1.82, 2.24) is 4.90 Å². The van der Waals surface area contributed by atoms with Crippen molar-refractivity contribution in [2.75, 3.05) is 7.05 Å². The molecule has 2 bridgehead atoms. The molecule has 2 aliphatic rings. The normalized spacial score (nSPS) is 34.2. The predicted molar refractivity (Wildman–Crippen MR) is 68.8 cm³/mol. The molecule has 1 N–H and O–H groups in total. The smallest absolute Gasteiger partial charge is 0.130 e. The molecule has 1 aromatic rings. The highest BCUT2D eigenvalue weighted by Crippen LogP contribution is 2.45. The third-order valence-electron chi connectivity index (χ3n) is 4.73. The van der Waals surface area contributed by atoms with E-state index in [0.717, 1.165) is 12.8 Å². The molecule has 2 fully saturated rings. The molecule has 0 radical (unpaired) electrons. The molecule has 2 saturated heterocycles. The van der Waals surface area contributed by atoms with Crippen LogP contribution in [-0.4, -0.2) is 29.1 Å². The van der Waals surface area contributed by atoms with Crippen LogP contribution in [0.2, 0.25) is 0 Å². The van der Waals surface area contributed by atoms with Crippen LogP contribution in [0.25, 0.3) is 0 Å². The second-order valence-electron chi connectivity index (χ2n) is 5.80. The first kappa shape index (κ1) is 12.6. The number of hydrogen-bond donors (Lipinski definition) is 1. The van der Waals surface area contributed by atoms with Gasteiger partial charge in [-0.25, -0.2) is 4.39 Å². The molecule has 2 aliphatic heterocycles. The number of rotatable bonds is 1. The molecule has 100 valence electrons. The van der Waals surface area contributed by atoms with Gasteiger partial charge in [-0.2, -0.15) is 5.26 Å². The van der Waals surface area contributed by atoms with Gasteiger partial charge in [0.15, 0.2) is 0 Å². The minimum absolute atomic E-state index is 0.292. The Morgan fingerprint density at radius 2 is 2.00 bits per heavy atom. The summed E-state index contributed by atoms with van der Waals surface area (Å²) in [6, 6.07) is 6.95. The number of benzene rings is 1. The van der Waals surface area contributed by atoms with E-state index in [2.05, 4.69) is 11.9 Å². The van der Waals surface area contributed by atoms with E-state index in [-0.39, 0.29) is 0 Å². The molecule has 0 aliphatic carbocycles. The molecule has 2 atom stereocenters. The fourth-order valence-electron chi connectivity index (χ4n) is 3.63. The highest BCUT2D eigenvalue weighted by atomic mass is 19.1. The van der Waals surface area contributed by atoms with E-state index < -0.39 is 11.4 Å². The van der Waals surface area contributed by atoms with Gasteiger partial charge in [0.25, 0.3) is 0 Å². The maximum Gasteiger partial charge on any atom is 0.130 e. The van der Waals surface area contributed by atoms with Crippen LogP contribution in [0.1, 0.15) is 36.8 Å². The Morgan fingerprint density at radius 3 is 2.53 bits per heavy atom. The summed E-state index contributed by atoms with van der Waals surface area (Å²) in [5, 5.41) is 19.6. The van der Waals surface area contributed by atoms with Gasteiger partial charge in [0.2, 0.25) is 0 Å². The molecular formula is C15H17FN2O. The number of halogens is 1. The van der Waals surface area contributed by atoms with Gasteiger partial charge in [-0.15, -0.1) is 0 Å². The molecule has 4 heteroatoms. The molecule has 3 rings (SSSR count). The number of aliphatic hydroxyl groups is 1. The lowest BCUT2D eigenvalue weighted by Crippen LogP contribution is -2.48. The lowest BCUT2D eigenvalue weighted by atomic mass is 9.80. The van der Waals surface area contributed by atoms with Crippen LogP contribution in [0, 0.1) is 17.1 Å². The molecular weight excluding hydrogens is 243 g/mol. The van der Waals surface area contributed by atoms with Crippen molar-refractivity contribution in [1.29, 1.82) is 5.26 Å². The Labute approximate surface area is 112 Å². The van der Waals surface area contributed by atoms with Gasteiger partial charge in [-0.3, -0.25) is 0 Å². The van der Waals surface area contributed by atoms with E-state index in [1.54, 1.807) is 12.1 Å². The molecule has 0 aromatic heterocycles. The Balaban J connectivity index is 1.96. The number of nitrogens with zero attached hydrogens (tertiary/aromatic N) is 2. The quantitative estimate of drug-likeness (QED) is 0.841. The Kier molecular flexibility index (Phi) is 2.84. The summed E-state index contributed by atoms with van der Waals surface area (Å²) in [4.78, 5) is 2.30. The van der Waals surface area contributed by atoms with Crippen molar-refractivity contribution < 1.29 is 9.50 Å². The third-order valence-corrected chi connectivity index (χ3v) is 4.73. The summed E-state index contributed by atoms with van der Waals surface area (Å²) in [5.41, 5.74) is -0.451. The molecule has 2 heterocycles. The van der Waals surface area contributed by atoms with Crippen LogP contribution < -0.4 is 0 Å². The molecule has 3 nitrogen and oxygen atoms in total. The maximum absolute atomic E-state index is 14.1. The van der Waals surface area contributed by atoms with E-state index >= 15 is 0 Å². The molecule has 0 spiro atoms. The lowest BCUT2D eigenvalue weighted by molar-refractivity contribution is -0.0515. The van der Waals surface area contributed by atoms with Crippen LogP contribution in [0.5, 0.6) is 0 Å². The first-order chi connectivity index (χ1) is 9.03. The average Bonchev–Trinajstić information content (AvgIpc) is 2.62. The highest BCUT2D eigenvalue weighted by Gasteiger charge is 2.47. The van der Waals surface area contributed by atoms with Crippen LogP contribution in [0.3, 0.4) is 0 Å². The minimum Gasteiger partial charge on any atom is -0.385 e. The Bertz CT molecular complexity index is 538. The molecule has 0 saturated carbocycles. The lowest BCUT2D eigenvalue weighted by Gasteiger charge is -2.42. The Morgan fingerprint density at radius 1 is 1.37 bits per heavy atom. The number of hydrogen-bond acceptors (Lipinski definition) is 3. The van der Waals surface area contributed by atoms with E-state index in [1.165, 1.54) is 6.07 Å². The van der Waals surface area contributed by atoms with Crippen LogP contribution in [0.15, 0.2) is 18.2 Å².